The van der Waals surface area contributed by atoms with E-state index in [0.717, 1.165) is 17.5 Å². The Morgan fingerprint density at radius 3 is 2.48 bits per heavy atom. The highest BCUT2D eigenvalue weighted by molar-refractivity contribution is 8.11. The van der Waals surface area contributed by atoms with Crippen molar-refractivity contribution in [1.82, 2.24) is 0 Å². The summed E-state index contributed by atoms with van der Waals surface area (Å²) >= 11 is 9.03. The van der Waals surface area contributed by atoms with Crippen LogP contribution in [-0.2, 0) is 0 Å². The van der Waals surface area contributed by atoms with E-state index in [9.17, 15) is 0 Å². The van der Waals surface area contributed by atoms with Crippen molar-refractivity contribution in [1.29, 1.82) is 0 Å². The summed E-state index contributed by atoms with van der Waals surface area (Å²) in [7, 11) is 0. The van der Waals surface area contributed by atoms with Crippen molar-refractivity contribution in [3.63, 3.8) is 0 Å². The lowest BCUT2D eigenvalue weighted by Crippen LogP contribution is -2.11. The molecule has 0 saturated heterocycles. The maximum atomic E-state index is 4.94. The van der Waals surface area contributed by atoms with Crippen LogP contribution in [0.4, 0.5) is 5.69 Å². The topological polar surface area (TPSA) is 12.0 Å². The number of anilines is 1. The lowest BCUT2D eigenvalue weighted by molar-refractivity contribution is 0.375. The van der Waals surface area contributed by atoms with Gasteiger partial charge in [0.2, 0.25) is 0 Å². The molecule has 0 heterocycles. The van der Waals surface area contributed by atoms with Gasteiger partial charge in [-0.2, -0.15) is 0 Å². The van der Waals surface area contributed by atoms with Crippen LogP contribution in [-0.4, -0.2) is 4.32 Å². The van der Waals surface area contributed by atoms with Gasteiger partial charge in [-0.15, -0.1) is 12.6 Å². The Hall–Kier alpha value is -0.800. The maximum absolute atomic E-state index is 4.94. The van der Waals surface area contributed by atoms with Crippen LogP contribution in [0.2, 0.25) is 0 Å². The van der Waals surface area contributed by atoms with Crippen LogP contribution in [0.1, 0.15) is 56.9 Å². The van der Waals surface area contributed by atoms with Crippen LogP contribution in [0.5, 0.6) is 0 Å². The van der Waals surface area contributed by atoms with E-state index in [4.69, 9.17) is 12.2 Å². The average molecular weight is 320 g/mol. The molecule has 0 radical (unpaired) electrons. The quantitative estimate of drug-likeness (QED) is 0.395. The fourth-order valence-electron chi connectivity index (χ4n) is 3.06. The first kappa shape index (κ1) is 16.6. The minimum atomic E-state index is 0.516. The van der Waals surface area contributed by atoms with Crippen molar-refractivity contribution in [3.05, 3.63) is 42.0 Å². The second-order valence-corrected chi connectivity index (χ2v) is 7.04. The van der Waals surface area contributed by atoms with Crippen molar-refractivity contribution in [2.24, 2.45) is 5.92 Å². The summed E-state index contributed by atoms with van der Waals surface area (Å²) < 4.78 is 0.516. The predicted molar refractivity (Wildman–Crippen MR) is 100 cm³/mol. The molecule has 3 heteroatoms. The predicted octanol–water partition coefficient (Wildman–Crippen LogP) is 5.94. The Morgan fingerprint density at radius 1 is 1.24 bits per heavy atom. The molecular weight excluding hydrogens is 294 g/mol. The van der Waals surface area contributed by atoms with E-state index < -0.39 is 0 Å². The van der Waals surface area contributed by atoms with Crippen LogP contribution < -0.4 is 5.32 Å². The summed E-state index contributed by atoms with van der Waals surface area (Å²) in [6.45, 7) is 2.24. The molecule has 1 nitrogen and oxygen atoms in total. The Labute approximate surface area is 139 Å². The lowest BCUT2D eigenvalue weighted by atomic mass is 9.78. The highest BCUT2D eigenvalue weighted by Crippen LogP contribution is 2.36. The largest absolute Gasteiger partial charge is 0.341 e. The van der Waals surface area contributed by atoms with E-state index in [1.807, 2.05) is 0 Å². The molecule has 0 unspecified atom stereocenters. The standard InChI is InChI=1S/C18H25NS2/c1-2-3-4-5-14-6-8-15(9-7-14)16-10-12-17(13-11-16)19-18(20)21/h4-5,10-15H,2-3,6-9H2,1H3,(H2,19,20,21)/b5-4+. The van der Waals surface area contributed by atoms with Gasteiger partial charge in [0, 0.05) is 5.69 Å². The molecule has 2 rings (SSSR count). The lowest BCUT2D eigenvalue weighted by Gasteiger charge is -2.27. The Kier molecular flexibility index (Phi) is 6.78. The smallest absolute Gasteiger partial charge is 0.135 e. The second-order valence-electron chi connectivity index (χ2n) is 5.88. The van der Waals surface area contributed by atoms with Crippen LogP contribution in [0, 0.1) is 5.92 Å². The number of thiol groups is 1. The molecule has 0 amide bonds. The molecule has 1 aliphatic rings. The minimum absolute atomic E-state index is 0.516. The second kappa shape index (κ2) is 8.60. The minimum Gasteiger partial charge on any atom is -0.341 e. The number of hydrogen-bond acceptors (Lipinski definition) is 1. The number of thiocarbonyl (C=S) groups is 1. The van der Waals surface area contributed by atoms with E-state index in [1.54, 1.807) is 0 Å². The zero-order valence-electron chi connectivity index (χ0n) is 12.7. The molecule has 21 heavy (non-hydrogen) atoms. The number of allylic oxidation sites excluding steroid dienone is 2. The third-order valence-electron chi connectivity index (χ3n) is 4.27. The Balaban J connectivity index is 1.85. The normalized spacial score (nSPS) is 22.4. The maximum Gasteiger partial charge on any atom is 0.135 e. The van der Waals surface area contributed by atoms with Crippen LogP contribution in [0.15, 0.2) is 36.4 Å². The molecule has 114 valence electrons. The summed E-state index contributed by atoms with van der Waals surface area (Å²) in [5.41, 5.74) is 2.48. The van der Waals surface area contributed by atoms with Crippen LogP contribution in [0.3, 0.4) is 0 Å². The first-order valence-corrected chi connectivity index (χ1v) is 8.81. The van der Waals surface area contributed by atoms with Gasteiger partial charge in [0.15, 0.2) is 0 Å². The van der Waals surface area contributed by atoms with Crippen molar-refractivity contribution < 1.29 is 0 Å². The van der Waals surface area contributed by atoms with E-state index >= 15 is 0 Å². The van der Waals surface area contributed by atoms with Gasteiger partial charge in [-0.1, -0.05) is 49.8 Å². The SMILES string of the molecule is CCC/C=C/C1CCC(c2ccc(NC(=S)S)cc2)CC1. The van der Waals surface area contributed by atoms with E-state index in [1.165, 1.54) is 44.1 Å². The number of nitrogens with one attached hydrogen (secondary N) is 1. The monoisotopic (exact) mass is 319 g/mol. The van der Waals surface area contributed by atoms with Gasteiger partial charge < -0.3 is 5.32 Å². The highest BCUT2D eigenvalue weighted by atomic mass is 32.1. The molecule has 0 aromatic heterocycles. The van der Waals surface area contributed by atoms with Gasteiger partial charge in [0.05, 0.1) is 0 Å². The average Bonchev–Trinajstić information content (AvgIpc) is 2.49. The van der Waals surface area contributed by atoms with E-state index in [2.05, 4.69) is 61.3 Å². The van der Waals surface area contributed by atoms with Crippen molar-refractivity contribution in [3.8, 4) is 0 Å². The molecule has 0 atom stereocenters. The first-order valence-electron chi connectivity index (χ1n) is 7.95. The number of unbranched alkanes of at least 4 members (excludes halogenated alkanes) is 1. The van der Waals surface area contributed by atoms with Gasteiger partial charge in [-0.3, -0.25) is 0 Å². The zero-order valence-corrected chi connectivity index (χ0v) is 14.4. The summed E-state index contributed by atoms with van der Waals surface area (Å²) in [6.07, 6.45) is 12.5. The van der Waals surface area contributed by atoms with E-state index in [-0.39, 0.29) is 0 Å². The fraction of sp³-hybridized carbons (Fsp3) is 0.500. The Morgan fingerprint density at radius 2 is 1.90 bits per heavy atom. The summed E-state index contributed by atoms with van der Waals surface area (Å²) in [4.78, 5) is 0. The van der Waals surface area contributed by atoms with Gasteiger partial charge in [0.1, 0.15) is 4.32 Å². The van der Waals surface area contributed by atoms with Crippen LogP contribution in [0.25, 0.3) is 0 Å². The summed E-state index contributed by atoms with van der Waals surface area (Å²) in [5.74, 6) is 1.52. The molecule has 0 aliphatic heterocycles. The molecule has 1 aromatic carbocycles. The van der Waals surface area contributed by atoms with Crippen molar-refractivity contribution >= 4 is 34.9 Å². The molecule has 1 N–H and O–H groups in total. The van der Waals surface area contributed by atoms with Gasteiger partial charge in [-0.05, 0) is 61.6 Å². The van der Waals surface area contributed by atoms with Gasteiger partial charge in [0.25, 0.3) is 0 Å². The van der Waals surface area contributed by atoms with Crippen LogP contribution >= 0.6 is 24.8 Å². The number of hydrogen-bond donors (Lipinski definition) is 2. The highest BCUT2D eigenvalue weighted by Gasteiger charge is 2.20. The van der Waals surface area contributed by atoms with E-state index in [0.29, 0.717) is 4.32 Å². The molecule has 1 aliphatic carbocycles. The third kappa shape index (κ3) is 5.48. The number of benzene rings is 1. The molecular formula is C18H25NS2. The van der Waals surface area contributed by atoms with Crippen molar-refractivity contribution in [2.45, 2.75) is 51.4 Å². The summed E-state index contributed by atoms with van der Waals surface area (Å²) in [6, 6.07) is 8.66. The van der Waals surface area contributed by atoms with Gasteiger partial charge >= 0.3 is 0 Å². The fourth-order valence-corrected chi connectivity index (χ4v) is 3.31. The van der Waals surface area contributed by atoms with Gasteiger partial charge in [-0.25, -0.2) is 0 Å². The molecule has 0 bridgehead atoms. The van der Waals surface area contributed by atoms with Crippen molar-refractivity contribution in [2.75, 3.05) is 5.32 Å². The third-order valence-corrected chi connectivity index (χ3v) is 4.48. The molecule has 1 saturated carbocycles. The molecule has 1 aromatic rings. The Bertz CT molecular complexity index is 470. The number of rotatable bonds is 5. The first-order chi connectivity index (χ1) is 10.2. The molecule has 1 fully saturated rings. The zero-order chi connectivity index (χ0) is 15.1. The summed E-state index contributed by atoms with van der Waals surface area (Å²) in [5, 5.41) is 3.06. The molecule has 0 spiro atoms.